The summed E-state index contributed by atoms with van der Waals surface area (Å²) in [4.78, 5) is 16.0. The first kappa shape index (κ1) is 22.1. The molecule has 2 aromatic carbocycles. The maximum absolute atomic E-state index is 13.6. The van der Waals surface area contributed by atoms with Crippen molar-refractivity contribution in [2.45, 2.75) is 44.3 Å². The summed E-state index contributed by atoms with van der Waals surface area (Å²) in [5.41, 5.74) is 4.42. The monoisotopic (exact) mass is 435 g/mol. The number of rotatable bonds is 8. The zero-order valence-electron chi connectivity index (χ0n) is 17.8. The van der Waals surface area contributed by atoms with Gasteiger partial charge in [-0.25, -0.2) is 4.39 Å². The van der Waals surface area contributed by atoms with Crippen LogP contribution in [0.5, 0.6) is 0 Å². The predicted molar refractivity (Wildman–Crippen MR) is 122 cm³/mol. The Morgan fingerprint density at radius 1 is 1.16 bits per heavy atom. The lowest BCUT2D eigenvalue weighted by Gasteiger charge is -2.18. The lowest BCUT2D eigenvalue weighted by atomic mass is 9.92. The van der Waals surface area contributed by atoms with Gasteiger partial charge in [-0.1, -0.05) is 42.5 Å². The first-order valence-corrected chi connectivity index (χ1v) is 10.8. The SMILES string of the molecule is CC(C(=O)O)[C@H](O)C[C@H](O)C=Cc1c(C2CC2)nc2ccccc2c1-c1ccc(F)cc1. The van der Waals surface area contributed by atoms with Crippen LogP contribution >= 0.6 is 0 Å². The van der Waals surface area contributed by atoms with Crippen molar-refractivity contribution in [3.63, 3.8) is 0 Å². The smallest absolute Gasteiger partial charge is 0.308 e. The number of carboxylic acid groups (broad SMARTS) is 1. The van der Waals surface area contributed by atoms with E-state index >= 15 is 0 Å². The fraction of sp³-hybridized carbons (Fsp3) is 0.308. The van der Waals surface area contributed by atoms with Gasteiger partial charge in [-0.05, 0) is 43.5 Å². The highest BCUT2D eigenvalue weighted by molar-refractivity contribution is 5.99. The number of carboxylic acids is 1. The number of aliphatic carboxylic acids is 1. The second-order valence-corrected chi connectivity index (χ2v) is 8.44. The maximum atomic E-state index is 13.6. The molecule has 6 heteroatoms. The molecule has 166 valence electrons. The Balaban J connectivity index is 1.78. The zero-order chi connectivity index (χ0) is 22.8. The van der Waals surface area contributed by atoms with Crippen molar-refractivity contribution < 1.29 is 24.5 Å². The molecule has 32 heavy (non-hydrogen) atoms. The number of carbonyl (C=O) groups is 1. The largest absolute Gasteiger partial charge is 0.481 e. The highest BCUT2D eigenvalue weighted by Gasteiger charge is 2.30. The third-order valence-corrected chi connectivity index (χ3v) is 5.99. The number of pyridine rings is 1. The van der Waals surface area contributed by atoms with Gasteiger partial charge < -0.3 is 15.3 Å². The minimum atomic E-state index is -1.17. The third-order valence-electron chi connectivity index (χ3n) is 5.99. The van der Waals surface area contributed by atoms with Crippen LogP contribution in [-0.4, -0.2) is 38.5 Å². The summed E-state index contributed by atoms with van der Waals surface area (Å²) in [5.74, 6) is -2.07. The number of hydrogen-bond acceptors (Lipinski definition) is 4. The first-order chi connectivity index (χ1) is 15.3. The number of aliphatic hydroxyl groups excluding tert-OH is 2. The van der Waals surface area contributed by atoms with Gasteiger partial charge in [-0.3, -0.25) is 9.78 Å². The van der Waals surface area contributed by atoms with Gasteiger partial charge in [0.25, 0.3) is 0 Å². The van der Waals surface area contributed by atoms with Crippen molar-refractivity contribution in [1.82, 2.24) is 4.98 Å². The van der Waals surface area contributed by atoms with Crippen LogP contribution in [-0.2, 0) is 4.79 Å². The molecular formula is C26H26FNO4. The van der Waals surface area contributed by atoms with Gasteiger partial charge in [0.15, 0.2) is 0 Å². The Kier molecular flexibility index (Phi) is 6.35. The van der Waals surface area contributed by atoms with Crippen LogP contribution in [0.2, 0.25) is 0 Å². The molecule has 1 unspecified atom stereocenters. The molecule has 5 nitrogen and oxygen atoms in total. The van der Waals surface area contributed by atoms with Gasteiger partial charge >= 0.3 is 5.97 Å². The highest BCUT2D eigenvalue weighted by Crippen LogP contribution is 2.45. The van der Waals surface area contributed by atoms with Gasteiger partial charge in [0, 0.05) is 28.9 Å². The van der Waals surface area contributed by atoms with Gasteiger partial charge in [0.05, 0.1) is 29.3 Å². The Morgan fingerprint density at radius 3 is 2.50 bits per heavy atom. The average Bonchev–Trinajstić information content (AvgIpc) is 3.62. The van der Waals surface area contributed by atoms with Crippen LogP contribution in [0, 0.1) is 11.7 Å². The van der Waals surface area contributed by atoms with Crippen LogP contribution in [0.25, 0.3) is 28.1 Å². The Labute approximate surface area is 185 Å². The first-order valence-electron chi connectivity index (χ1n) is 10.8. The quantitative estimate of drug-likeness (QED) is 0.474. The molecule has 0 spiro atoms. The predicted octanol–water partition coefficient (Wildman–Crippen LogP) is 4.76. The number of benzene rings is 2. The third kappa shape index (κ3) is 4.71. The van der Waals surface area contributed by atoms with Crippen LogP contribution in [0.4, 0.5) is 4.39 Å². The standard InChI is InChI=1S/C26H26FNO4/c1-15(26(31)32)23(30)14-19(29)12-13-21-24(16-8-10-18(27)11-9-16)20-4-2-3-5-22(20)28-25(21)17-6-7-17/h2-5,8-13,15,17,19,23,29-30H,6-7,14H2,1H3,(H,31,32)/t15?,19-,23-/m1/s1. The van der Waals surface area contributed by atoms with Crippen molar-refractivity contribution in [1.29, 1.82) is 0 Å². The molecule has 0 bridgehead atoms. The number of fused-ring (bicyclic) bond motifs is 1. The fourth-order valence-electron chi connectivity index (χ4n) is 3.91. The summed E-state index contributed by atoms with van der Waals surface area (Å²) in [6.07, 6.45) is 3.17. The minimum absolute atomic E-state index is 0.0877. The van der Waals surface area contributed by atoms with E-state index in [1.54, 1.807) is 24.3 Å². The molecule has 1 saturated carbocycles. The normalized spacial score (nSPS) is 16.9. The van der Waals surface area contributed by atoms with E-state index in [0.29, 0.717) is 5.92 Å². The van der Waals surface area contributed by atoms with Gasteiger partial charge in [0.2, 0.25) is 0 Å². The van der Waals surface area contributed by atoms with E-state index in [4.69, 9.17) is 10.1 Å². The molecule has 1 aromatic heterocycles. The summed E-state index contributed by atoms with van der Waals surface area (Å²) < 4.78 is 13.6. The van der Waals surface area contributed by atoms with E-state index in [0.717, 1.165) is 46.1 Å². The van der Waals surface area contributed by atoms with Gasteiger partial charge in [-0.2, -0.15) is 0 Å². The lowest BCUT2D eigenvalue weighted by molar-refractivity contribution is -0.145. The molecule has 0 aliphatic heterocycles. The number of nitrogens with zero attached hydrogens (tertiary/aromatic N) is 1. The number of aliphatic hydroxyl groups is 2. The van der Waals surface area contributed by atoms with Crippen molar-refractivity contribution in [3.8, 4) is 11.1 Å². The second kappa shape index (κ2) is 9.18. The molecule has 0 radical (unpaired) electrons. The van der Waals surface area contributed by atoms with Crippen molar-refractivity contribution >= 4 is 22.9 Å². The fourth-order valence-corrected chi connectivity index (χ4v) is 3.91. The molecule has 1 fully saturated rings. The van der Waals surface area contributed by atoms with Crippen molar-refractivity contribution in [3.05, 3.63) is 71.7 Å². The van der Waals surface area contributed by atoms with Crippen LogP contribution in [0.15, 0.2) is 54.6 Å². The molecule has 0 saturated heterocycles. The Morgan fingerprint density at radius 2 is 1.84 bits per heavy atom. The molecule has 3 aromatic rings. The zero-order valence-corrected chi connectivity index (χ0v) is 17.8. The molecule has 4 rings (SSSR count). The van der Waals surface area contributed by atoms with E-state index in [2.05, 4.69) is 0 Å². The molecule has 1 aliphatic carbocycles. The van der Waals surface area contributed by atoms with E-state index in [9.17, 15) is 19.4 Å². The Hall–Kier alpha value is -3.09. The van der Waals surface area contributed by atoms with E-state index in [1.807, 2.05) is 24.3 Å². The number of aromatic nitrogens is 1. The molecule has 1 heterocycles. The summed E-state index contributed by atoms with van der Waals surface area (Å²) in [5, 5.41) is 30.5. The molecular weight excluding hydrogens is 409 g/mol. The number of halogens is 1. The summed E-state index contributed by atoms with van der Waals surface area (Å²) in [6.45, 7) is 1.41. The van der Waals surface area contributed by atoms with Gasteiger partial charge in [-0.15, -0.1) is 0 Å². The minimum Gasteiger partial charge on any atom is -0.481 e. The molecule has 1 aliphatic rings. The van der Waals surface area contributed by atoms with Crippen LogP contribution in [0.3, 0.4) is 0 Å². The lowest BCUT2D eigenvalue weighted by Crippen LogP contribution is -2.28. The van der Waals surface area contributed by atoms with Crippen LogP contribution in [0.1, 0.15) is 43.4 Å². The molecule has 3 N–H and O–H groups in total. The van der Waals surface area contributed by atoms with E-state index < -0.39 is 24.1 Å². The second-order valence-electron chi connectivity index (χ2n) is 8.44. The summed E-state index contributed by atoms with van der Waals surface area (Å²) in [7, 11) is 0. The van der Waals surface area contributed by atoms with Crippen LogP contribution < -0.4 is 0 Å². The van der Waals surface area contributed by atoms with Gasteiger partial charge in [0.1, 0.15) is 5.82 Å². The average molecular weight is 435 g/mol. The van der Waals surface area contributed by atoms with Crippen molar-refractivity contribution in [2.24, 2.45) is 5.92 Å². The molecule has 0 amide bonds. The topological polar surface area (TPSA) is 90.7 Å². The van der Waals surface area contributed by atoms with E-state index in [-0.39, 0.29) is 12.2 Å². The summed E-state index contributed by atoms with van der Waals surface area (Å²) >= 11 is 0. The van der Waals surface area contributed by atoms with E-state index in [1.165, 1.54) is 19.1 Å². The number of hydrogen-bond donors (Lipinski definition) is 3. The number of para-hydroxylation sites is 1. The summed E-state index contributed by atoms with van der Waals surface area (Å²) in [6, 6.07) is 14.1. The highest BCUT2D eigenvalue weighted by atomic mass is 19.1. The molecule has 3 atom stereocenters. The maximum Gasteiger partial charge on any atom is 0.308 e. The Bertz CT molecular complexity index is 1150. The van der Waals surface area contributed by atoms with Crippen molar-refractivity contribution in [2.75, 3.05) is 0 Å².